The van der Waals surface area contributed by atoms with Crippen molar-refractivity contribution in [1.82, 2.24) is 0 Å². The molecule has 7 rings (SSSR count). The average molecular weight is 614 g/mol. The van der Waals surface area contributed by atoms with Crippen LogP contribution in [0.15, 0.2) is 164 Å². The number of hydrogen-bond acceptors (Lipinski definition) is 0. The summed E-state index contributed by atoms with van der Waals surface area (Å²) in [6, 6.07) is 59.7. The molecule has 1 heteroatoms. The molecule has 0 bridgehead atoms. The van der Waals surface area contributed by atoms with Crippen LogP contribution in [0, 0.1) is 0 Å². The molecule has 0 aromatic heterocycles. The van der Waals surface area contributed by atoms with E-state index in [1.807, 2.05) is 0 Å². The Labute approximate surface area is 260 Å². The number of benzene rings is 6. The van der Waals surface area contributed by atoms with E-state index < -0.39 is 23.2 Å². The van der Waals surface area contributed by atoms with Gasteiger partial charge in [-0.3, -0.25) is 0 Å². The molecule has 0 N–H and O–H groups in total. The molecule has 1 aliphatic carbocycles. The number of rotatable bonds is 7. The summed E-state index contributed by atoms with van der Waals surface area (Å²) in [5.41, 5.74) is 13.4. The molecule has 0 fully saturated rings. The second kappa shape index (κ2) is 12.3. The van der Waals surface area contributed by atoms with Crippen LogP contribution in [0.4, 0.5) is 0 Å². The monoisotopic (exact) mass is 612 g/mol. The first-order valence-electron chi connectivity index (χ1n) is 14.5. The van der Waals surface area contributed by atoms with Gasteiger partial charge in [0.2, 0.25) is 0 Å². The fourth-order valence-electron chi connectivity index (χ4n) is 5.97. The Kier molecular flexibility index (Phi) is 7.77. The van der Waals surface area contributed by atoms with Gasteiger partial charge >= 0.3 is 262 Å². The third-order valence-corrected chi connectivity index (χ3v) is 11.7. The van der Waals surface area contributed by atoms with E-state index in [1.165, 1.54) is 58.9 Å². The fourth-order valence-corrected chi connectivity index (χ4v) is 9.75. The molecule has 6 aromatic carbocycles. The first kappa shape index (κ1) is 26.6. The number of fused-ring (bicyclic) bond motifs is 3. The normalized spacial score (nSPS) is 12.7. The minimum absolute atomic E-state index is 1.02. The first-order chi connectivity index (χ1) is 20.8. The number of allylic oxidation sites excluding steroid dienone is 2. The van der Waals surface area contributed by atoms with E-state index >= 15 is 0 Å². The van der Waals surface area contributed by atoms with Crippen molar-refractivity contribution in [3.63, 3.8) is 0 Å². The molecule has 0 amide bonds. The second-order valence-corrected chi connectivity index (χ2v) is 13.8. The van der Waals surface area contributed by atoms with Crippen molar-refractivity contribution in [2.24, 2.45) is 0 Å². The van der Waals surface area contributed by atoms with Gasteiger partial charge in [0, 0.05) is 0 Å². The minimum atomic E-state index is -1.32. The van der Waals surface area contributed by atoms with Crippen LogP contribution < -0.4 is 3.27 Å². The van der Waals surface area contributed by atoms with Gasteiger partial charge in [-0.2, -0.15) is 0 Å². The Morgan fingerprint density at radius 1 is 0.476 bits per heavy atom. The van der Waals surface area contributed by atoms with Gasteiger partial charge in [-0.15, -0.1) is 0 Å². The number of hydrogen-bond donors (Lipinski definition) is 0. The van der Waals surface area contributed by atoms with Crippen molar-refractivity contribution in [2.45, 2.75) is 6.42 Å². The summed E-state index contributed by atoms with van der Waals surface area (Å²) < 4.78 is 3.06. The van der Waals surface area contributed by atoms with Crippen LogP contribution in [0.1, 0.15) is 33.4 Å². The quantitative estimate of drug-likeness (QED) is 0.124. The summed E-state index contributed by atoms with van der Waals surface area (Å²) in [7, 11) is 0. The van der Waals surface area contributed by atoms with Crippen LogP contribution in [-0.4, -0.2) is 0 Å². The summed E-state index contributed by atoms with van der Waals surface area (Å²) >= 11 is -1.32. The summed E-state index contributed by atoms with van der Waals surface area (Å²) in [4.78, 5) is 0. The molecule has 1 aliphatic rings. The van der Waals surface area contributed by atoms with Crippen molar-refractivity contribution < 1.29 is 23.2 Å². The van der Waals surface area contributed by atoms with E-state index in [0.717, 1.165) is 6.42 Å². The predicted molar refractivity (Wildman–Crippen MR) is 175 cm³/mol. The third-order valence-electron chi connectivity index (χ3n) is 7.95. The zero-order valence-electron chi connectivity index (χ0n) is 23.4. The molecule has 0 heterocycles. The molecule has 0 atom stereocenters. The average Bonchev–Trinajstić information content (AvgIpc) is 3.45. The molecule has 0 saturated heterocycles. The van der Waals surface area contributed by atoms with Crippen molar-refractivity contribution in [3.05, 3.63) is 197 Å². The standard InChI is InChI=1S/C28H21.C13H9.Zr/c1-5-13-23(14-6-1)21-27(25-17-9-3-10-18-25)28(26-19-11-4-12-20-26)22-24-15-7-2-8-16-24;1-3-7-12-10(5-1)9-11-6-2-4-8-13(11)12;/h1-21H;1-5,7-8H,9H2;. The Morgan fingerprint density at radius 3 is 1.71 bits per heavy atom. The van der Waals surface area contributed by atoms with Gasteiger partial charge in [0.15, 0.2) is 0 Å². The van der Waals surface area contributed by atoms with Crippen molar-refractivity contribution in [3.8, 4) is 11.1 Å². The zero-order valence-corrected chi connectivity index (χ0v) is 25.8. The molecular formula is C41H30Zr. The second-order valence-electron chi connectivity index (χ2n) is 10.6. The molecule has 0 nitrogen and oxygen atoms in total. The van der Waals surface area contributed by atoms with E-state index in [1.54, 1.807) is 3.27 Å². The molecule has 0 radical (unpaired) electrons. The third kappa shape index (κ3) is 5.46. The topological polar surface area (TPSA) is 0 Å². The Bertz CT molecular complexity index is 1880. The molecule has 0 aliphatic heterocycles. The summed E-state index contributed by atoms with van der Waals surface area (Å²) in [5.74, 6) is 0. The van der Waals surface area contributed by atoms with Crippen LogP contribution in [0.25, 0.3) is 31.6 Å². The van der Waals surface area contributed by atoms with Crippen molar-refractivity contribution in [1.29, 1.82) is 0 Å². The van der Waals surface area contributed by atoms with Gasteiger partial charge < -0.3 is 0 Å². The van der Waals surface area contributed by atoms with Gasteiger partial charge in [0.25, 0.3) is 0 Å². The molecule has 0 spiro atoms. The van der Waals surface area contributed by atoms with E-state index in [9.17, 15) is 0 Å². The van der Waals surface area contributed by atoms with E-state index in [-0.39, 0.29) is 0 Å². The van der Waals surface area contributed by atoms with Gasteiger partial charge in [-0.25, -0.2) is 0 Å². The predicted octanol–water partition coefficient (Wildman–Crippen LogP) is 9.77. The molecule has 198 valence electrons. The molecule has 42 heavy (non-hydrogen) atoms. The SMILES string of the molecule is C(=C(C(=[C]([Zr][c]1cccc2c1Cc1ccccc1-2)c1ccccc1)c1ccccc1)c1ccccc1)c1ccccc1. The van der Waals surface area contributed by atoms with Crippen LogP contribution in [0.3, 0.4) is 0 Å². The first-order valence-corrected chi connectivity index (χ1v) is 17.0. The molecular weight excluding hydrogens is 584 g/mol. The van der Waals surface area contributed by atoms with Crippen LogP contribution in [0.5, 0.6) is 0 Å². The van der Waals surface area contributed by atoms with Crippen LogP contribution in [-0.2, 0) is 29.7 Å². The molecule has 6 aromatic rings. The van der Waals surface area contributed by atoms with E-state index in [0.29, 0.717) is 0 Å². The maximum absolute atomic E-state index is 2.41. The van der Waals surface area contributed by atoms with Crippen LogP contribution >= 0.6 is 0 Å². The Balaban J connectivity index is 1.50. The summed E-state index contributed by atoms with van der Waals surface area (Å²) in [6.07, 6.45) is 3.40. The van der Waals surface area contributed by atoms with Gasteiger partial charge in [0.05, 0.1) is 0 Å². The maximum atomic E-state index is 2.41. The molecule has 0 unspecified atom stereocenters. The summed E-state index contributed by atoms with van der Waals surface area (Å²) in [6.45, 7) is 0. The van der Waals surface area contributed by atoms with Crippen molar-refractivity contribution in [2.75, 3.05) is 0 Å². The van der Waals surface area contributed by atoms with Gasteiger partial charge in [-0.1, -0.05) is 0 Å². The Morgan fingerprint density at radius 2 is 1.02 bits per heavy atom. The molecule has 0 saturated carbocycles. The van der Waals surface area contributed by atoms with E-state index in [4.69, 9.17) is 0 Å². The zero-order chi connectivity index (χ0) is 28.1. The van der Waals surface area contributed by atoms with Gasteiger partial charge in [0.1, 0.15) is 0 Å². The van der Waals surface area contributed by atoms with Crippen molar-refractivity contribution >= 4 is 23.8 Å². The van der Waals surface area contributed by atoms with E-state index in [2.05, 4.69) is 170 Å². The van der Waals surface area contributed by atoms with Gasteiger partial charge in [-0.05, 0) is 0 Å². The Hall–Kier alpha value is -4.32. The van der Waals surface area contributed by atoms with Crippen LogP contribution in [0.2, 0.25) is 0 Å². The fraction of sp³-hybridized carbons (Fsp3) is 0.0244. The summed E-state index contributed by atoms with van der Waals surface area (Å²) in [5, 5.41) is 0.